The molecule has 6 rings (SSSR count). The highest BCUT2D eigenvalue weighted by atomic mass is 16.5. The summed E-state index contributed by atoms with van der Waals surface area (Å²) in [6.45, 7) is 7.34. The highest BCUT2D eigenvalue weighted by molar-refractivity contribution is 6.15. The fourth-order valence-electron chi connectivity index (χ4n) is 8.12. The van der Waals surface area contributed by atoms with Crippen molar-refractivity contribution in [2.45, 2.75) is 59.4 Å². The normalized spacial score (nSPS) is 12.3. The van der Waals surface area contributed by atoms with Gasteiger partial charge in [-0.25, -0.2) is 0 Å². The first-order valence-electron chi connectivity index (χ1n) is 19.4. The molecule has 2 amide bonds. The van der Waals surface area contributed by atoms with Crippen LogP contribution in [-0.2, 0) is 19.8 Å². The molecular weight excluding hydrogens is 733 g/mol. The maximum atomic E-state index is 14.2. The van der Waals surface area contributed by atoms with Gasteiger partial charge in [0.15, 0.2) is 11.5 Å². The molecule has 0 saturated heterocycles. The Morgan fingerprint density at radius 2 is 1.07 bits per heavy atom. The number of hydrogen-bond acceptors (Lipinski definition) is 8. The molecule has 0 aliphatic carbocycles. The molecule has 0 radical (unpaired) electrons. The molecule has 302 valence electrons. The quantitative estimate of drug-likeness (QED) is 0.0708. The molecule has 2 atom stereocenters. The van der Waals surface area contributed by atoms with E-state index in [1.807, 2.05) is 100 Å². The average Bonchev–Trinajstić information content (AvgIpc) is 3.25. The topological polar surface area (TPSA) is 147 Å². The molecule has 0 heterocycles. The van der Waals surface area contributed by atoms with Crippen molar-refractivity contribution in [3.8, 4) is 28.4 Å². The van der Waals surface area contributed by atoms with E-state index in [9.17, 15) is 24.9 Å². The summed E-state index contributed by atoms with van der Waals surface area (Å²) >= 11 is 0. The molecule has 0 saturated carbocycles. The summed E-state index contributed by atoms with van der Waals surface area (Å²) in [5.74, 6) is 0.352. The smallest absolute Gasteiger partial charge is 0.255 e. The van der Waals surface area contributed by atoms with Gasteiger partial charge in [-0.3, -0.25) is 9.59 Å². The summed E-state index contributed by atoms with van der Waals surface area (Å²) in [5.41, 5.74) is 6.79. The monoisotopic (exact) mass is 784 g/mol. The lowest BCUT2D eigenvalue weighted by Gasteiger charge is -2.24. The number of carbonyl (C=O) groups excluding carboxylic acids is 2. The van der Waals surface area contributed by atoms with Crippen molar-refractivity contribution in [1.82, 2.24) is 10.6 Å². The van der Waals surface area contributed by atoms with Crippen LogP contribution in [0.15, 0.2) is 84.9 Å². The number of aliphatic hydroxyl groups excluding tert-OH is 3. The van der Waals surface area contributed by atoms with E-state index in [0.717, 1.165) is 22.3 Å². The fourth-order valence-corrected chi connectivity index (χ4v) is 8.12. The van der Waals surface area contributed by atoms with Crippen LogP contribution in [-0.4, -0.2) is 61.6 Å². The van der Waals surface area contributed by atoms with Gasteiger partial charge in [0, 0.05) is 24.0 Å². The minimum atomic E-state index is -0.462. The van der Waals surface area contributed by atoms with E-state index >= 15 is 0 Å². The van der Waals surface area contributed by atoms with Crippen molar-refractivity contribution >= 4 is 33.4 Å². The van der Waals surface area contributed by atoms with Gasteiger partial charge in [-0.15, -0.1) is 0 Å². The number of benzene rings is 6. The first kappa shape index (κ1) is 41.7. The largest absolute Gasteiger partial charge is 0.495 e. The van der Waals surface area contributed by atoms with E-state index in [-0.39, 0.29) is 40.5 Å². The van der Waals surface area contributed by atoms with Crippen LogP contribution in [0.3, 0.4) is 0 Å². The molecular formula is C48H52N2O8. The van der Waals surface area contributed by atoms with Crippen LogP contribution in [0.2, 0.25) is 0 Å². The van der Waals surface area contributed by atoms with Gasteiger partial charge < -0.3 is 40.2 Å². The van der Waals surface area contributed by atoms with Crippen LogP contribution in [0.4, 0.5) is 0 Å². The number of ether oxygens (including phenoxy) is 3. The van der Waals surface area contributed by atoms with E-state index in [2.05, 4.69) is 10.6 Å². The first-order valence-corrected chi connectivity index (χ1v) is 19.4. The molecule has 0 bridgehead atoms. The molecule has 6 aromatic carbocycles. The second kappa shape index (κ2) is 18.1. The minimum Gasteiger partial charge on any atom is -0.495 e. The number of methoxy groups -OCH3 is 3. The number of amides is 2. The van der Waals surface area contributed by atoms with E-state index in [1.54, 1.807) is 19.2 Å². The number of fused-ring (bicyclic) bond motifs is 2. The van der Waals surface area contributed by atoms with Gasteiger partial charge in [0.25, 0.3) is 11.8 Å². The summed E-state index contributed by atoms with van der Waals surface area (Å²) in [4.78, 5) is 28.3. The fraction of sp³-hybridized carbons (Fsp3) is 0.292. The van der Waals surface area contributed by atoms with Gasteiger partial charge >= 0.3 is 0 Å². The van der Waals surface area contributed by atoms with E-state index < -0.39 is 19.8 Å². The Labute approximate surface area is 339 Å². The molecule has 0 aromatic heterocycles. The second-order valence-electron chi connectivity index (χ2n) is 14.7. The van der Waals surface area contributed by atoms with E-state index in [4.69, 9.17) is 14.2 Å². The zero-order valence-corrected chi connectivity index (χ0v) is 34.2. The number of aryl methyl sites for hydroxylation is 2. The Balaban J connectivity index is 1.53. The lowest BCUT2D eigenvalue weighted by Crippen LogP contribution is -2.29. The lowest BCUT2D eigenvalue weighted by atomic mass is 9.83. The molecule has 10 heteroatoms. The van der Waals surface area contributed by atoms with Gasteiger partial charge in [0.05, 0.1) is 52.3 Å². The number of carbonyl (C=O) groups is 2. The average molecular weight is 785 g/mol. The number of rotatable bonds is 15. The van der Waals surface area contributed by atoms with Crippen molar-refractivity contribution in [1.29, 1.82) is 0 Å². The third-order valence-corrected chi connectivity index (χ3v) is 11.2. The Morgan fingerprint density at radius 1 is 0.569 bits per heavy atom. The molecule has 0 unspecified atom stereocenters. The Bertz CT molecular complexity index is 2290. The molecule has 0 spiro atoms. The third kappa shape index (κ3) is 7.83. The van der Waals surface area contributed by atoms with Gasteiger partial charge in [0.1, 0.15) is 5.75 Å². The third-order valence-electron chi connectivity index (χ3n) is 11.2. The van der Waals surface area contributed by atoms with Gasteiger partial charge in [-0.1, -0.05) is 74.5 Å². The number of nitrogens with one attached hydrogen (secondary N) is 2. The maximum absolute atomic E-state index is 14.2. The van der Waals surface area contributed by atoms with Crippen LogP contribution in [0.25, 0.3) is 32.7 Å². The highest BCUT2D eigenvalue weighted by Gasteiger charge is 2.29. The van der Waals surface area contributed by atoms with Crippen molar-refractivity contribution < 1.29 is 39.1 Å². The molecule has 0 fully saturated rings. The van der Waals surface area contributed by atoms with Crippen molar-refractivity contribution in [2.24, 2.45) is 0 Å². The van der Waals surface area contributed by atoms with Gasteiger partial charge in [0.2, 0.25) is 0 Å². The molecule has 58 heavy (non-hydrogen) atoms. The minimum absolute atomic E-state index is 0.0219. The van der Waals surface area contributed by atoms with Crippen LogP contribution in [0, 0.1) is 13.8 Å². The number of aliphatic hydroxyl groups is 3. The predicted molar refractivity (Wildman–Crippen MR) is 228 cm³/mol. The van der Waals surface area contributed by atoms with Crippen molar-refractivity contribution in [3.05, 3.63) is 135 Å². The summed E-state index contributed by atoms with van der Waals surface area (Å²) in [6, 6.07) is 27.1. The molecule has 10 nitrogen and oxygen atoms in total. The van der Waals surface area contributed by atoms with Crippen molar-refractivity contribution in [3.63, 3.8) is 0 Å². The molecule has 0 aliphatic heterocycles. The summed E-state index contributed by atoms with van der Waals surface area (Å²) in [5, 5.41) is 40.8. The molecule has 0 aliphatic rings. The van der Waals surface area contributed by atoms with Crippen LogP contribution in [0.5, 0.6) is 17.2 Å². The van der Waals surface area contributed by atoms with E-state index in [1.165, 1.54) is 14.2 Å². The summed E-state index contributed by atoms with van der Waals surface area (Å²) in [6.07, 6.45) is 0. The zero-order chi connectivity index (χ0) is 41.7. The van der Waals surface area contributed by atoms with Crippen LogP contribution in [0.1, 0.15) is 85.3 Å². The Kier molecular flexibility index (Phi) is 13.0. The van der Waals surface area contributed by atoms with Crippen LogP contribution >= 0.6 is 0 Å². The van der Waals surface area contributed by atoms with Gasteiger partial charge in [-0.05, 0) is 111 Å². The van der Waals surface area contributed by atoms with Gasteiger partial charge in [-0.2, -0.15) is 0 Å². The zero-order valence-electron chi connectivity index (χ0n) is 34.2. The molecule has 6 aromatic rings. The SMILES string of the molecule is COc1cc2c(CO)c(-c3c(C)cc4c(C(=O)NC[C@H](C)c5ccccc5)c(CO)c(CO)cc4c3OC)c(C)cc2c(C(=O)NC[C@@H](C)c2ccccc2)c1OC. The number of hydrogen-bond donors (Lipinski definition) is 5. The first-order chi connectivity index (χ1) is 28.0. The summed E-state index contributed by atoms with van der Waals surface area (Å²) < 4.78 is 17.8. The lowest BCUT2D eigenvalue weighted by molar-refractivity contribution is 0.0941. The summed E-state index contributed by atoms with van der Waals surface area (Å²) in [7, 11) is 4.54. The standard InChI is InChI=1S/C48H52N2O8/c1-27-18-35-34(21-40(56-5)46(58-7)44(35)48(55)50-23-30(4)32-16-12-9-13-17-32)39(26-53)41(27)42-28(2)19-36-37(45(42)57-6)20-33(24-51)38(25-52)43(36)47(54)49-22-29(3)31-14-10-8-11-15-31/h8-21,29-30,51-53H,22-26H2,1-7H3,(H,49,54)(H,50,55)/t29-,30+/m0/s1. The highest BCUT2D eigenvalue weighted by Crippen LogP contribution is 2.48. The van der Waals surface area contributed by atoms with Crippen LogP contribution < -0.4 is 24.8 Å². The molecule has 5 N–H and O–H groups in total. The predicted octanol–water partition coefficient (Wildman–Crippen LogP) is 7.85. The Morgan fingerprint density at radius 3 is 1.55 bits per heavy atom. The maximum Gasteiger partial charge on any atom is 0.255 e. The second-order valence-corrected chi connectivity index (χ2v) is 14.7. The van der Waals surface area contributed by atoms with E-state index in [0.29, 0.717) is 74.0 Å². The Hall–Kier alpha value is -5.94. The van der Waals surface area contributed by atoms with Crippen molar-refractivity contribution in [2.75, 3.05) is 34.4 Å².